The first-order valence-corrected chi connectivity index (χ1v) is 7.82. The quantitative estimate of drug-likeness (QED) is 0.875. The summed E-state index contributed by atoms with van der Waals surface area (Å²) in [5, 5.41) is 3.74. The third kappa shape index (κ3) is 2.79. The molecular formula is C17H25NO. The Morgan fingerprint density at radius 1 is 1.26 bits per heavy atom. The van der Waals surface area contributed by atoms with E-state index in [-0.39, 0.29) is 0 Å². The van der Waals surface area contributed by atoms with Gasteiger partial charge in [-0.15, -0.1) is 0 Å². The normalized spacial score (nSPS) is 29.4. The summed E-state index contributed by atoms with van der Waals surface area (Å²) in [5.74, 6) is 2.98. The molecule has 2 fully saturated rings. The number of hydrogen-bond acceptors (Lipinski definition) is 2. The van der Waals surface area contributed by atoms with Crippen molar-refractivity contribution in [2.75, 3.05) is 13.2 Å². The molecule has 0 radical (unpaired) electrons. The van der Waals surface area contributed by atoms with Crippen molar-refractivity contribution in [1.82, 2.24) is 5.32 Å². The Balaban J connectivity index is 1.60. The van der Waals surface area contributed by atoms with Crippen molar-refractivity contribution in [2.24, 2.45) is 11.8 Å². The summed E-state index contributed by atoms with van der Waals surface area (Å²) in [6.07, 6.45) is 6.73. The monoisotopic (exact) mass is 259 g/mol. The number of rotatable bonds is 5. The average molecular weight is 259 g/mol. The van der Waals surface area contributed by atoms with Crippen LogP contribution in [0.5, 0.6) is 5.75 Å². The van der Waals surface area contributed by atoms with Gasteiger partial charge in [-0.1, -0.05) is 24.6 Å². The molecule has 104 valence electrons. The number of para-hydroxylation sites is 1. The molecule has 1 saturated carbocycles. The number of nitrogens with one attached hydrogen (secondary N) is 1. The highest BCUT2D eigenvalue weighted by atomic mass is 16.5. The average Bonchev–Trinajstić information content (AvgIpc) is 3.02. The van der Waals surface area contributed by atoms with Gasteiger partial charge < -0.3 is 10.1 Å². The van der Waals surface area contributed by atoms with Crippen molar-refractivity contribution in [1.29, 1.82) is 0 Å². The van der Waals surface area contributed by atoms with E-state index in [4.69, 9.17) is 4.74 Å². The smallest absolute Gasteiger partial charge is 0.122 e. The molecule has 1 N–H and O–H groups in total. The van der Waals surface area contributed by atoms with Crippen LogP contribution in [-0.2, 0) is 6.42 Å². The molecule has 3 unspecified atom stereocenters. The molecule has 0 spiro atoms. The Labute approximate surface area is 116 Å². The third-order valence-corrected chi connectivity index (χ3v) is 4.87. The second-order valence-corrected chi connectivity index (χ2v) is 5.95. The first kappa shape index (κ1) is 13.0. The van der Waals surface area contributed by atoms with Gasteiger partial charge in [0, 0.05) is 6.04 Å². The molecule has 2 nitrogen and oxygen atoms in total. The van der Waals surface area contributed by atoms with E-state index in [2.05, 4.69) is 36.5 Å². The lowest BCUT2D eigenvalue weighted by Gasteiger charge is -2.19. The first-order chi connectivity index (χ1) is 9.38. The van der Waals surface area contributed by atoms with Crippen LogP contribution in [0.3, 0.4) is 0 Å². The summed E-state index contributed by atoms with van der Waals surface area (Å²) in [6, 6.07) is 9.24. The Hall–Kier alpha value is -1.02. The summed E-state index contributed by atoms with van der Waals surface area (Å²) in [5.41, 5.74) is 1.37. The lowest BCUT2D eigenvalue weighted by Crippen LogP contribution is -2.27. The van der Waals surface area contributed by atoms with Gasteiger partial charge in [-0.25, -0.2) is 0 Å². The molecule has 0 amide bonds. The number of aryl methyl sites for hydroxylation is 1. The maximum absolute atomic E-state index is 5.72. The van der Waals surface area contributed by atoms with Crippen molar-refractivity contribution in [3.05, 3.63) is 29.8 Å². The molecule has 0 aromatic heterocycles. The van der Waals surface area contributed by atoms with Gasteiger partial charge in [0.25, 0.3) is 0 Å². The summed E-state index contributed by atoms with van der Waals surface area (Å²) >= 11 is 0. The van der Waals surface area contributed by atoms with E-state index >= 15 is 0 Å². The number of benzene rings is 1. The molecule has 1 aliphatic heterocycles. The maximum atomic E-state index is 5.72. The number of fused-ring (bicyclic) bond motifs is 1. The molecule has 19 heavy (non-hydrogen) atoms. The van der Waals surface area contributed by atoms with Gasteiger partial charge in [0.1, 0.15) is 5.75 Å². The lowest BCUT2D eigenvalue weighted by atomic mass is 9.90. The second-order valence-electron chi connectivity index (χ2n) is 5.95. The molecule has 1 aliphatic carbocycles. The minimum Gasteiger partial charge on any atom is -0.494 e. The minimum atomic E-state index is 0.738. The van der Waals surface area contributed by atoms with Crippen molar-refractivity contribution < 1.29 is 4.74 Å². The van der Waals surface area contributed by atoms with Crippen molar-refractivity contribution in [2.45, 2.75) is 45.1 Å². The number of ether oxygens (including phenoxy) is 1. The van der Waals surface area contributed by atoms with Crippen LogP contribution in [-0.4, -0.2) is 19.2 Å². The molecule has 1 heterocycles. The first-order valence-electron chi connectivity index (χ1n) is 7.82. The van der Waals surface area contributed by atoms with E-state index < -0.39 is 0 Å². The van der Waals surface area contributed by atoms with Gasteiger partial charge in [0.2, 0.25) is 0 Å². The van der Waals surface area contributed by atoms with E-state index in [1.807, 2.05) is 0 Å². The summed E-state index contributed by atoms with van der Waals surface area (Å²) in [6.45, 7) is 4.06. The zero-order chi connectivity index (χ0) is 13.1. The Bertz CT molecular complexity index is 417. The second kappa shape index (κ2) is 5.96. The standard InChI is InChI=1S/C17H25NO/c1-2-19-17-9-4-3-6-13(17)10-11-16-15-8-5-7-14(15)12-18-16/h3-4,6,9,14-16,18H,2,5,7-8,10-12H2,1H3. The van der Waals surface area contributed by atoms with Crippen LogP contribution >= 0.6 is 0 Å². The topological polar surface area (TPSA) is 21.3 Å². The Kier molecular flexibility index (Phi) is 4.07. The van der Waals surface area contributed by atoms with E-state index in [9.17, 15) is 0 Å². The van der Waals surface area contributed by atoms with E-state index in [1.165, 1.54) is 37.8 Å². The van der Waals surface area contributed by atoms with Crippen LogP contribution in [0.4, 0.5) is 0 Å². The molecule has 3 rings (SSSR count). The zero-order valence-electron chi connectivity index (χ0n) is 11.9. The predicted molar refractivity (Wildman–Crippen MR) is 78.6 cm³/mol. The van der Waals surface area contributed by atoms with Gasteiger partial charge in [0.05, 0.1) is 6.61 Å². The summed E-state index contributed by atoms with van der Waals surface area (Å²) < 4.78 is 5.72. The minimum absolute atomic E-state index is 0.738. The van der Waals surface area contributed by atoms with Crippen molar-refractivity contribution >= 4 is 0 Å². The van der Waals surface area contributed by atoms with Crippen LogP contribution in [0.2, 0.25) is 0 Å². The van der Waals surface area contributed by atoms with Gasteiger partial charge in [0.15, 0.2) is 0 Å². The Morgan fingerprint density at radius 2 is 2.16 bits per heavy atom. The summed E-state index contributed by atoms with van der Waals surface area (Å²) in [7, 11) is 0. The fourth-order valence-corrected chi connectivity index (χ4v) is 3.94. The molecule has 2 heteroatoms. The molecule has 3 atom stereocenters. The highest BCUT2D eigenvalue weighted by Crippen LogP contribution is 2.39. The van der Waals surface area contributed by atoms with Gasteiger partial charge >= 0.3 is 0 Å². The molecule has 0 bridgehead atoms. The largest absolute Gasteiger partial charge is 0.494 e. The van der Waals surface area contributed by atoms with E-state index in [0.717, 1.165) is 36.7 Å². The molecular weight excluding hydrogens is 234 g/mol. The highest BCUT2D eigenvalue weighted by molar-refractivity contribution is 5.33. The predicted octanol–water partition coefficient (Wildman–Crippen LogP) is 3.41. The van der Waals surface area contributed by atoms with Crippen LogP contribution in [0.25, 0.3) is 0 Å². The Morgan fingerprint density at radius 3 is 3.05 bits per heavy atom. The molecule has 1 aromatic carbocycles. The van der Waals surface area contributed by atoms with E-state index in [1.54, 1.807) is 0 Å². The summed E-state index contributed by atoms with van der Waals surface area (Å²) in [4.78, 5) is 0. The highest BCUT2D eigenvalue weighted by Gasteiger charge is 2.38. The van der Waals surface area contributed by atoms with Crippen LogP contribution < -0.4 is 10.1 Å². The van der Waals surface area contributed by atoms with Crippen LogP contribution in [0.15, 0.2) is 24.3 Å². The van der Waals surface area contributed by atoms with Crippen LogP contribution in [0, 0.1) is 11.8 Å². The lowest BCUT2D eigenvalue weighted by molar-refractivity contribution is 0.334. The SMILES string of the molecule is CCOc1ccccc1CCC1NCC2CCCC21. The maximum Gasteiger partial charge on any atom is 0.122 e. The molecule has 1 aromatic rings. The fraction of sp³-hybridized carbons (Fsp3) is 0.647. The zero-order valence-corrected chi connectivity index (χ0v) is 11.9. The third-order valence-electron chi connectivity index (χ3n) is 4.87. The van der Waals surface area contributed by atoms with Crippen molar-refractivity contribution in [3.8, 4) is 5.75 Å². The fourth-order valence-electron chi connectivity index (χ4n) is 3.94. The van der Waals surface area contributed by atoms with Crippen LogP contribution in [0.1, 0.15) is 38.2 Å². The molecule has 2 aliphatic rings. The van der Waals surface area contributed by atoms with Gasteiger partial charge in [-0.05, 0) is 62.6 Å². The van der Waals surface area contributed by atoms with Crippen molar-refractivity contribution in [3.63, 3.8) is 0 Å². The van der Waals surface area contributed by atoms with Gasteiger partial charge in [-0.2, -0.15) is 0 Å². The van der Waals surface area contributed by atoms with E-state index in [0.29, 0.717) is 0 Å². The number of hydrogen-bond donors (Lipinski definition) is 1. The van der Waals surface area contributed by atoms with Gasteiger partial charge in [-0.3, -0.25) is 0 Å². The molecule has 1 saturated heterocycles.